The van der Waals surface area contributed by atoms with E-state index in [-0.39, 0.29) is 0 Å². The Kier molecular flexibility index (Phi) is 4.63. The van der Waals surface area contributed by atoms with Gasteiger partial charge >= 0.3 is 0 Å². The van der Waals surface area contributed by atoms with Gasteiger partial charge in [0.15, 0.2) is 0 Å². The van der Waals surface area contributed by atoms with Gasteiger partial charge in [0.2, 0.25) is 0 Å². The number of rotatable bonds is 4. The largest absolute Gasteiger partial charge is 0.366 e. The van der Waals surface area contributed by atoms with Crippen molar-refractivity contribution in [2.45, 2.75) is 32.2 Å². The van der Waals surface area contributed by atoms with Gasteiger partial charge in [0.1, 0.15) is 0 Å². The number of nitrogens with one attached hydrogen (secondary N) is 1. The minimum Gasteiger partial charge on any atom is -0.366 e. The summed E-state index contributed by atoms with van der Waals surface area (Å²) < 4.78 is 0. The molecule has 1 saturated heterocycles. The Labute approximate surface area is 108 Å². The third-order valence-electron chi connectivity index (χ3n) is 3.24. The Balaban J connectivity index is 2.18. The van der Waals surface area contributed by atoms with Gasteiger partial charge in [-0.25, -0.2) is 0 Å². The lowest BCUT2D eigenvalue weighted by molar-refractivity contribution is 0.431. The van der Waals surface area contributed by atoms with E-state index in [0.717, 1.165) is 36.8 Å². The molecule has 1 aromatic heterocycles. The molecule has 0 aliphatic carbocycles. The highest BCUT2D eigenvalue weighted by atomic mass is 35.5. The Bertz CT molecular complexity index is 350. The molecule has 1 aliphatic rings. The second-order valence-corrected chi connectivity index (χ2v) is 4.93. The minimum absolute atomic E-state index is 0.559. The molecule has 0 saturated carbocycles. The molecule has 17 heavy (non-hydrogen) atoms. The van der Waals surface area contributed by atoms with Crippen molar-refractivity contribution in [1.82, 2.24) is 10.3 Å². The molecule has 1 N–H and O–H groups in total. The number of nitrogens with zero attached hydrogens (tertiary/aromatic N) is 2. The van der Waals surface area contributed by atoms with E-state index in [1.165, 1.54) is 12.8 Å². The van der Waals surface area contributed by atoms with Crippen LogP contribution in [0, 0.1) is 0 Å². The van der Waals surface area contributed by atoms with Crippen molar-refractivity contribution < 1.29 is 0 Å². The topological polar surface area (TPSA) is 28.2 Å². The van der Waals surface area contributed by atoms with E-state index in [1.807, 2.05) is 12.3 Å². The monoisotopic (exact) mass is 253 g/mol. The number of hydrogen-bond acceptors (Lipinski definition) is 3. The molecule has 1 aliphatic heterocycles. The van der Waals surface area contributed by atoms with Crippen LogP contribution in [0.15, 0.2) is 18.5 Å². The van der Waals surface area contributed by atoms with Crippen molar-refractivity contribution in [2.75, 3.05) is 24.5 Å². The molecule has 0 radical (unpaired) electrons. The number of pyridine rings is 1. The van der Waals surface area contributed by atoms with Gasteiger partial charge in [0.05, 0.1) is 10.7 Å². The van der Waals surface area contributed by atoms with Crippen LogP contribution in [0.4, 0.5) is 5.69 Å². The van der Waals surface area contributed by atoms with Crippen LogP contribution in [0.5, 0.6) is 0 Å². The molecule has 4 heteroatoms. The number of piperidine rings is 1. The van der Waals surface area contributed by atoms with Gasteiger partial charge in [-0.1, -0.05) is 18.5 Å². The summed E-state index contributed by atoms with van der Waals surface area (Å²) in [7, 11) is 0. The molecular formula is C13H20ClN3. The van der Waals surface area contributed by atoms with Crippen LogP contribution in [-0.4, -0.2) is 30.7 Å². The molecule has 1 unspecified atom stereocenters. The van der Waals surface area contributed by atoms with Crippen molar-refractivity contribution in [3.05, 3.63) is 23.5 Å². The van der Waals surface area contributed by atoms with Crippen molar-refractivity contribution in [2.24, 2.45) is 0 Å². The smallest absolute Gasteiger partial charge is 0.0822 e. The maximum absolute atomic E-state index is 6.25. The summed E-state index contributed by atoms with van der Waals surface area (Å²) in [6, 6.07) is 2.58. The summed E-state index contributed by atoms with van der Waals surface area (Å²) in [6.45, 7) is 5.45. The number of anilines is 1. The van der Waals surface area contributed by atoms with Crippen LogP contribution in [0.3, 0.4) is 0 Å². The Hall–Kier alpha value is -0.800. The second-order valence-electron chi connectivity index (χ2n) is 4.52. The summed E-state index contributed by atoms with van der Waals surface area (Å²) in [6.07, 6.45) is 7.17. The first-order valence-electron chi connectivity index (χ1n) is 6.39. The van der Waals surface area contributed by atoms with Crippen LogP contribution < -0.4 is 10.2 Å². The molecule has 0 bridgehead atoms. The number of halogens is 1. The first-order valence-corrected chi connectivity index (χ1v) is 6.77. The highest BCUT2D eigenvalue weighted by molar-refractivity contribution is 6.33. The highest BCUT2D eigenvalue weighted by Crippen LogP contribution is 2.27. The summed E-state index contributed by atoms with van der Waals surface area (Å²) in [5.41, 5.74) is 1.12. The minimum atomic E-state index is 0.559. The van der Waals surface area contributed by atoms with Gasteiger partial charge in [0.25, 0.3) is 0 Å². The van der Waals surface area contributed by atoms with Gasteiger partial charge in [-0.15, -0.1) is 0 Å². The first-order chi connectivity index (χ1) is 8.33. The molecule has 0 amide bonds. The lowest BCUT2D eigenvalue weighted by Gasteiger charge is -2.36. The fraction of sp³-hybridized carbons (Fsp3) is 0.615. The van der Waals surface area contributed by atoms with Crippen molar-refractivity contribution in [3.8, 4) is 0 Å². The predicted molar refractivity (Wildman–Crippen MR) is 72.8 cm³/mol. The third-order valence-corrected chi connectivity index (χ3v) is 3.53. The fourth-order valence-corrected chi connectivity index (χ4v) is 2.67. The van der Waals surface area contributed by atoms with E-state index >= 15 is 0 Å². The van der Waals surface area contributed by atoms with Crippen molar-refractivity contribution >= 4 is 17.3 Å². The van der Waals surface area contributed by atoms with Gasteiger partial charge in [-0.3, -0.25) is 4.98 Å². The number of hydrogen-bond donors (Lipinski definition) is 1. The summed E-state index contributed by atoms with van der Waals surface area (Å²) in [4.78, 5) is 6.49. The molecular weight excluding hydrogens is 234 g/mol. The predicted octanol–water partition coefficient (Wildman–Crippen LogP) is 2.70. The lowest BCUT2D eigenvalue weighted by Crippen LogP contribution is -2.46. The molecule has 1 aromatic rings. The van der Waals surface area contributed by atoms with Gasteiger partial charge in [-0.2, -0.15) is 0 Å². The van der Waals surface area contributed by atoms with Crippen LogP contribution >= 0.6 is 11.6 Å². The van der Waals surface area contributed by atoms with E-state index in [2.05, 4.69) is 22.1 Å². The van der Waals surface area contributed by atoms with Gasteiger partial charge < -0.3 is 10.2 Å². The molecule has 1 atom stereocenters. The molecule has 0 spiro atoms. The lowest BCUT2D eigenvalue weighted by atomic mass is 10.0. The standard InChI is InChI=1S/C13H20ClN3/c1-2-8-17(11-4-3-6-15-9-11)13-5-7-16-10-12(13)14/h5,7,10-11,15H,2-4,6,8-9H2,1H3. The van der Waals surface area contributed by atoms with Gasteiger partial charge in [-0.05, 0) is 31.9 Å². The normalized spacial score (nSPS) is 20.2. The molecule has 2 rings (SSSR count). The fourth-order valence-electron chi connectivity index (χ4n) is 2.44. The maximum atomic E-state index is 6.25. The second kappa shape index (κ2) is 6.22. The summed E-state index contributed by atoms with van der Waals surface area (Å²) >= 11 is 6.25. The first kappa shape index (κ1) is 12.7. The van der Waals surface area contributed by atoms with E-state index in [1.54, 1.807) is 6.20 Å². The zero-order valence-corrected chi connectivity index (χ0v) is 11.1. The van der Waals surface area contributed by atoms with Crippen LogP contribution in [-0.2, 0) is 0 Å². The van der Waals surface area contributed by atoms with E-state index in [0.29, 0.717) is 6.04 Å². The molecule has 3 nitrogen and oxygen atoms in total. The van der Waals surface area contributed by atoms with E-state index in [4.69, 9.17) is 11.6 Å². The Morgan fingerprint density at radius 3 is 3.12 bits per heavy atom. The molecule has 2 heterocycles. The van der Waals surface area contributed by atoms with Crippen LogP contribution in [0.25, 0.3) is 0 Å². The van der Waals surface area contributed by atoms with Crippen molar-refractivity contribution in [1.29, 1.82) is 0 Å². The molecule has 0 aromatic carbocycles. The highest BCUT2D eigenvalue weighted by Gasteiger charge is 2.22. The summed E-state index contributed by atoms with van der Waals surface area (Å²) in [5.74, 6) is 0. The zero-order valence-electron chi connectivity index (χ0n) is 10.3. The molecule has 94 valence electrons. The Morgan fingerprint density at radius 2 is 2.47 bits per heavy atom. The average molecular weight is 254 g/mol. The van der Waals surface area contributed by atoms with Crippen LogP contribution in [0.2, 0.25) is 5.02 Å². The quantitative estimate of drug-likeness (QED) is 0.894. The van der Waals surface area contributed by atoms with Crippen molar-refractivity contribution in [3.63, 3.8) is 0 Å². The third kappa shape index (κ3) is 3.11. The molecule has 1 fully saturated rings. The average Bonchev–Trinajstić information content (AvgIpc) is 2.38. The zero-order chi connectivity index (χ0) is 12.1. The van der Waals surface area contributed by atoms with E-state index in [9.17, 15) is 0 Å². The number of aromatic nitrogens is 1. The SMILES string of the molecule is CCCN(c1ccncc1Cl)C1CCCNC1. The maximum Gasteiger partial charge on any atom is 0.0822 e. The van der Waals surface area contributed by atoms with Gasteiger partial charge in [0, 0.05) is 31.5 Å². The Morgan fingerprint density at radius 1 is 1.59 bits per heavy atom. The van der Waals surface area contributed by atoms with E-state index < -0.39 is 0 Å². The van der Waals surface area contributed by atoms with Crippen LogP contribution in [0.1, 0.15) is 26.2 Å². The summed E-state index contributed by atoms with van der Waals surface area (Å²) in [5, 5.41) is 4.22.